The van der Waals surface area contributed by atoms with Crippen molar-refractivity contribution in [2.24, 2.45) is 12.8 Å². The molecule has 1 atom stereocenters. The van der Waals surface area contributed by atoms with Gasteiger partial charge in [0.05, 0.1) is 33.4 Å². The molecule has 2 aromatic carbocycles. The van der Waals surface area contributed by atoms with Gasteiger partial charge >= 0.3 is 0 Å². The van der Waals surface area contributed by atoms with Gasteiger partial charge in [0.25, 0.3) is 0 Å². The molecule has 2 heterocycles. The Morgan fingerprint density at radius 3 is 2.47 bits per heavy atom. The number of halogens is 4. The minimum atomic E-state index is -3.64. The SMILES string of the molecule is Cl.Cn1nc(NS(C)(=O)=O)c2c(Cl)ccc(-c3cc(C#N)cnc3CC(N)c3cc(F)cc(F)c3)c21. The van der Waals surface area contributed by atoms with Gasteiger partial charge in [-0.2, -0.15) is 10.4 Å². The number of anilines is 1. The molecule has 0 spiro atoms. The van der Waals surface area contributed by atoms with Crippen LogP contribution < -0.4 is 10.5 Å². The molecule has 13 heteroatoms. The summed E-state index contributed by atoms with van der Waals surface area (Å²) in [7, 11) is -2.02. The van der Waals surface area contributed by atoms with Crippen LogP contribution in [0.3, 0.4) is 0 Å². The Bertz CT molecular complexity index is 1600. The van der Waals surface area contributed by atoms with Gasteiger partial charge in [0.15, 0.2) is 5.82 Å². The van der Waals surface area contributed by atoms with Crippen molar-refractivity contribution in [3.8, 4) is 17.2 Å². The first kappa shape index (κ1) is 27.3. The number of sulfonamides is 1. The van der Waals surface area contributed by atoms with Gasteiger partial charge in [-0.05, 0) is 29.8 Å². The number of hydrogen-bond donors (Lipinski definition) is 2. The molecule has 0 bridgehead atoms. The van der Waals surface area contributed by atoms with Crippen LogP contribution >= 0.6 is 24.0 Å². The van der Waals surface area contributed by atoms with E-state index in [4.69, 9.17) is 17.3 Å². The van der Waals surface area contributed by atoms with Gasteiger partial charge in [-0.15, -0.1) is 12.4 Å². The van der Waals surface area contributed by atoms with E-state index in [-0.39, 0.29) is 40.8 Å². The molecular weight excluding hydrogens is 533 g/mol. The Morgan fingerprint density at radius 2 is 1.86 bits per heavy atom. The number of aromatic nitrogens is 3. The molecule has 0 saturated carbocycles. The fraction of sp³-hybridized carbons (Fsp3) is 0.174. The van der Waals surface area contributed by atoms with Crippen molar-refractivity contribution in [2.75, 3.05) is 11.0 Å². The lowest BCUT2D eigenvalue weighted by molar-refractivity contribution is 0.572. The van der Waals surface area contributed by atoms with Crippen LogP contribution in [0.1, 0.15) is 22.9 Å². The summed E-state index contributed by atoms with van der Waals surface area (Å²) in [6.07, 6.45) is 2.48. The average Bonchev–Trinajstić information content (AvgIpc) is 3.09. The highest BCUT2D eigenvalue weighted by Gasteiger charge is 2.22. The number of aryl methyl sites for hydroxylation is 1. The van der Waals surface area contributed by atoms with Crippen LogP contribution in [0.15, 0.2) is 42.6 Å². The molecule has 4 aromatic rings. The van der Waals surface area contributed by atoms with Crippen LogP contribution in [0, 0.1) is 23.0 Å². The van der Waals surface area contributed by atoms with E-state index in [2.05, 4.69) is 14.8 Å². The van der Waals surface area contributed by atoms with Crippen molar-refractivity contribution in [2.45, 2.75) is 12.5 Å². The lowest BCUT2D eigenvalue weighted by Crippen LogP contribution is -2.15. The standard InChI is InChI=1S/C23H19ClF2N6O2S.ClH/c1-32-22-16(3-4-18(24)21(22)23(30-32)31-35(2,33)34)17-5-12(10-27)11-29-20(17)9-19(28)13-6-14(25)8-15(26)7-13;/h3-8,11,19H,9,28H2,1-2H3,(H,30,31);1H. The zero-order valence-electron chi connectivity index (χ0n) is 19.0. The minimum absolute atomic E-state index is 0. The second-order valence-electron chi connectivity index (χ2n) is 8.01. The van der Waals surface area contributed by atoms with Crippen LogP contribution in [-0.4, -0.2) is 29.4 Å². The molecule has 0 fully saturated rings. The third-order valence-electron chi connectivity index (χ3n) is 5.34. The number of fused-ring (bicyclic) bond motifs is 1. The van der Waals surface area contributed by atoms with Crippen LogP contribution in [-0.2, 0) is 23.5 Å². The summed E-state index contributed by atoms with van der Waals surface area (Å²) < 4.78 is 55.0. The number of nitrogens with one attached hydrogen (secondary N) is 1. The van der Waals surface area contributed by atoms with Crippen molar-refractivity contribution >= 4 is 50.8 Å². The molecule has 2 aromatic heterocycles. The fourth-order valence-electron chi connectivity index (χ4n) is 3.91. The Balaban J connectivity index is 0.00000361. The minimum Gasteiger partial charge on any atom is -0.324 e. The van der Waals surface area contributed by atoms with E-state index in [1.54, 1.807) is 25.2 Å². The summed E-state index contributed by atoms with van der Waals surface area (Å²) in [4.78, 5) is 4.40. The van der Waals surface area contributed by atoms with Crippen molar-refractivity contribution in [1.29, 1.82) is 5.26 Å². The molecule has 0 saturated heterocycles. The Kier molecular flexibility index (Phi) is 7.85. The maximum Gasteiger partial charge on any atom is 0.231 e. The summed E-state index contributed by atoms with van der Waals surface area (Å²) in [5.74, 6) is -1.44. The second-order valence-corrected chi connectivity index (χ2v) is 10.2. The van der Waals surface area contributed by atoms with Crippen molar-refractivity contribution < 1.29 is 17.2 Å². The number of hydrogen-bond acceptors (Lipinski definition) is 6. The fourth-order valence-corrected chi connectivity index (χ4v) is 4.64. The molecular formula is C23H20Cl2F2N6O2S. The Labute approximate surface area is 217 Å². The van der Waals surface area contributed by atoms with E-state index < -0.39 is 27.7 Å². The summed E-state index contributed by atoms with van der Waals surface area (Å²) in [6, 6.07) is 9.21. The Morgan fingerprint density at radius 1 is 1.19 bits per heavy atom. The lowest BCUT2D eigenvalue weighted by atomic mass is 9.94. The largest absolute Gasteiger partial charge is 0.324 e. The van der Waals surface area contributed by atoms with Gasteiger partial charge in [-0.3, -0.25) is 14.4 Å². The Hall–Kier alpha value is -3.30. The summed E-state index contributed by atoms with van der Waals surface area (Å²) in [5.41, 5.74) is 8.83. The number of pyridine rings is 1. The number of nitriles is 1. The third-order valence-corrected chi connectivity index (χ3v) is 6.21. The predicted molar refractivity (Wildman–Crippen MR) is 136 cm³/mol. The molecule has 4 rings (SSSR count). The van der Waals surface area contributed by atoms with E-state index in [0.717, 1.165) is 24.5 Å². The molecule has 0 aliphatic rings. The van der Waals surface area contributed by atoms with Gasteiger partial charge in [-0.25, -0.2) is 17.2 Å². The smallest absolute Gasteiger partial charge is 0.231 e. The highest BCUT2D eigenvalue weighted by atomic mass is 35.5. The van der Waals surface area contributed by atoms with Crippen LogP contribution in [0.25, 0.3) is 22.0 Å². The van der Waals surface area contributed by atoms with Crippen LogP contribution in [0.4, 0.5) is 14.6 Å². The molecule has 0 amide bonds. The lowest BCUT2D eigenvalue weighted by Gasteiger charge is -2.16. The monoisotopic (exact) mass is 552 g/mol. The van der Waals surface area contributed by atoms with Gasteiger partial charge in [0.1, 0.15) is 17.7 Å². The molecule has 188 valence electrons. The predicted octanol–water partition coefficient (Wildman–Crippen LogP) is 4.47. The molecule has 1 unspecified atom stereocenters. The number of nitrogens with two attached hydrogens (primary N) is 1. The molecule has 3 N–H and O–H groups in total. The maximum absolute atomic E-state index is 13.7. The van der Waals surface area contributed by atoms with Crippen LogP contribution in [0.2, 0.25) is 5.02 Å². The zero-order chi connectivity index (χ0) is 25.5. The maximum atomic E-state index is 13.7. The van der Waals surface area contributed by atoms with Gasteiger partial charge < -0.3 is 5.73 Å². The van der Waals surface area contributed by atoms with Crippen molar-refractivity contribution in [3.63, 3.8) is 0 Å². The highest BCUT2D eigenvalue weighted by molar-refractivity contribution is 7.92. The first-order chi connectivity index (χ1) is 16.5. The van der Waals surface area contributed by atoms with Crippen LogP contribution in [0.5, 0.6) is 0 Å². The molecule has 0 aliphatic heterocycles. The topological polar surface area (TPSA) is 127 Å². The normalized spacial score (nSPS) is 12.1. The van der Waals surface area contributed by atoms with E-state index in [0.29, 0.717) is 27.7 Å². The van der Waals surface area contributed by atoms with Crippen molar-refractivity contribution in [1.82, 2.24) is 14.8 Å². The second kappa shape index (κ2) is 10.4. The van der Waals surface area contributed by atoms with Gasteiger partial charge in [0, 0.05) is 42.9 Å². The van der Waals surface area contributed by atoms with Gasteiger partial charge in [0.2, 0.25) is 10.0 Å². The van der Waals surface area contributed by atoms with Crippen molar-refractivity contribution in [3.05, 3.63) is 76.1 Å². The molecule has 0 radical (unpaired) electrons. The summed E-state index contributed by atoms with van der Waals surface area (Å²) in [5, 5.41) is 14.3. The third kappa shape index (κ3) is 5.57. The first-order valence-electron chi connectivity index (χ1n) is 10.2. The molecule has 8 nitrogen and oxygen atoms in total. The van der Waals surface area contributed by atoms with Gasteiger partial charge in [-0.1, -0.05) is 17.7 Å². The first-order valence-corrected chi connectivity index (χ1v) is 12.5. The van der Waals surface area contributed by atoms with E-state index in [9.17, 15) is 22.5 Å². The summed E-state index contributed by atoms with van der Waals surface area (Å²) in [6.45, 7) is 0. The highest BCUT2D eigenvalue weighted by Crippen LogP contribution is 2.39. The van der Waals surface area contributed by atoms with E-state index in [1.807, 2.05) is 6.07 Å². The number of benzene rings is 2. The summed E-state index contributed by atoms with van der Waals surface area (Å²) >= 11 is 6.41. The zero-order valence-corrected chi connectivity index (χ0v) is 21.3. The number of rotatable bonds is 6. The molecule has 0 aliphatic carbocycles. The van der Waals surface area contributed by atoms with E-state index in [1.165, 1.54) is 10.9 Å². The average molecular weight is 553 g/mol. The number of nitrogens with zero attached hydrogens (tertiary/aromatic N) is 4. The molecule has 36 heavy (non-hydrogen) atoms. The quantitative estimate of drug-likeness (QED) is 0.363. The van der Waals surface area contributed by atoms with E-state index >= 15 is 0 Å².